The average molecular weight is 768 g/mol. The number of nitrogens with one attached hydrogen (secondary N) is 1. The highest BCUT2D eigenvalue weighted by molar-refractivity contribution is 8.14. The van der Waals surface area contributed by atoms with E-state index in [1.807, 2.05) is 97.1 Å². The Kier molecular flexibility index (Phi) is 12.8. The van der Waals surface area contributed by atoms with E-state index < -0.39 is 17.9 Å². The second kappa shape index (κ2) is 18.2. The fourth-order valence-corrected chi connectivity index (χ4v) is 7.09. The fraction of sp³-hybridized carbons (Fsp3) is 0.111. The summed E-state index contributed by atoms with van der Waals surface area (Å²) in [4.78, 5) is 46.9. The highest BCUT2D eigenvalue weighted by Gasteiger charge is 2.35. The van der Waals surface area contributed by atoms with Crippen molar-refractivity contribution in [1.82, 2.24) is 10.2 Å². The number of aliphatic imine (C=N–C) groups is 1. The molecular weight excluding hydrogens is 730 g/mol. The molecule has 0 saturated carbocycles. The molecule has 5 aromatic rings. The molecule has 6 rings (SSSR count). The summed E-state index contributed by atoms with van der Waals surface area (Å²) in [5.41, 5.74) is 3.44. The molecule has 5 aromatic carbocycles. The van der Waals surface area contributed by atoms with Gasteiger partial charge in [-0.2, -0.15) is 4.99 Å². The van der Waals surface area contributed by atoms with Gasteiger partial charge in [-0.1, -0.05) is 145 Å². The standard InChI is InChI=1S/C45H38ClN3O5S/c1-4-6-21-36(5-2)49-44(52)37(25-31-26-38(46)42(39(27-31)53-3)54-28-30-22-23-32-15-13-14-20-35(32)24-30)43(51)48-45(49)55-29-40(50)47-41(33-16-9-7-10-17-33)34-18-11-8-12-19-34/h4-27,41H,1,28-29H2,2-3H3,(H,47,50)/b21-6-,36-5+,37-25+. The quantitative estimate of drug-likeness (QED) is 0.0729. The number of amidine groups is 1. The number of fused-ring (bicyclic) bond motifs is 1. The number of carbonyl (C=O) groups is 3. The van der Waals surface area contributed by atoms with Gasteiger partial charge in [0.15, 0.2) is 16.7 Å². The Balaban J connectivity index is 1.24. The Morgan fingerprint density at radius 3 is 2.25 bits per heavy atom. The van der Waals surface area contributed by atoms with Crippen LogP contribution in [0.15, 0.2) is 162 Å². The van der Waals surface area contributed by atoms with Crippen LogP contribution in [0.3, 0.4) is 0 Å². The topological polar surface area (TPSA) is 97.3 Å². The summed E-state index contributed by atoms with van der Waals surface area (Å²) in [7, 11) is 1.49. The maximum absolute atomic E-state index is 14.2. The first kappa shape index (κ1) is 38.6. The van der Waals surface area contributed by atoms with Crippen LogP contribution in [-0.2, 0) is 21.0 Å². The number of ether oxygens (including phenoxy) is 2. The van der Waals surface area contributed by atoms with Gasteiger partial charge in [-0.3, -0.25) is 19.3 Å². The highest BCUT2D eigenvalue weighted by Crippen LogP contribution is 2.38. The minimum Gasteiger partial charge on any atom is -0.493 e. The molecule has 8 nitrogen and oxygen atoms in total. The van der Waals surface area contributed by atoms with Crippen molar-refractivity contribution < 1.29 is 23.9 Å². The number of methoxy groups -OCH3 is 1. The van der Waals surface area contributed by atoms with Gasteiger partial charge in [0, 0.05) is 5.70 Å². The number of carbonyl (C=O) groups excluding carboxylic acids is 3. The smallest absolute Gasteiger partial charge is 0.285 e. The molecule has 0 aromatic heterocycles. The Morgan fingerprint density at radius 2 is 1.60 bits per heavy atom. The molecular formula is C45H38ClN3O5S. The summed E-state index contributed by atoms with van der Waals surface area (Å²) >= 11 is 7.71. The van der Waals surface area contributed by atoms with Crippen molar-refractivity contribution >= 4 is 63.1 Å². The van der Waals surface area contributed by atoms with Crippen LogP contribution in [0.4, 0.5) is 0 Å². The van der Waals surface area contributed by atoms with E-state index in [0.29, 0.717) is 22.8 Å². The fourth-order valence-electron chi connectivity index (χ4n) is 6.01. The van der Waals surface area contributed by atoms with E-state index in [1.54, 1.807) is 43.4 Å². The molecule has 0 aliphatic carbocycles. The zero-order valence-corrected chi connectivity index (χ0v) is 31.8. The van der Waals surface area contributed by atoms with E-state index in [-0.39, 0.29) is 34.0 Å². The van der Waals surface area contributed by atoms with Gasteiger partial charge >= 0.3 is 0 Å². The number of halogens is 1. The number of allylic oxidation sites excluding steroid dienone is 4. The molecule has 276 valence electrons. The van der Waals surface area contributed by atoms with E-state index in [1.165, 1.54) is 18.1 Å². The maximum atomic E-state index is 14.2. The van der Waals surface area contributed by atoms with Crippen LogP contribution in [-0.4, -0.2) is 40.7 Å². The number of amides is 3. The van der Waals surface area contributed by atoms with Gasteiger partial charge in [-0.05, 0) is 70.3 Å². The van der Waals surface area contributed by atoms with Gasteiger partial charge in [0.05, 0.1) is 23.9 Å². The van der Waals surface area contributed by atoms with Gasteiger partial charge < -0.3 is 14.8 Å². The van der Waals surface area contributed by atoms with E-state index in [2.05, 4.69) is 23.0 Å². The molecule has 0 unspecified atom stereocenters. The second-order valence-corrected chi connectivity index (χ2v) is 13.7. The number of rotatable bonds is 13. The largest absolute Gasteiger partial charge is 0.493 e. The van der Waals surface area contributed by atoms with E-state index in [9.17, 15) is 14.4 Å². The number of benzene rings is 5. The summed E-state index contributed by atoms with van der Waals surface area (Å²) in [6, 6.07) is 36.2. The lowest BCUT2D eigenvalue weighted by Crippen LogP contribution is -2.42. The minimum atomic E-state index is -0.759. The lowest BCUT2D eigenvalue weighted by molar-refractivity contribution is -0.126. The lowest BCUT2D eigenvalue weighted by Gasteiger charge is -2.28. The Hall–Kier alpha value is -6.16. The van der Waals surface area contributed by atoms with Crippen LogP contribution in [0.5, 0.6) is 11.5 Å². The predicted molar refractivity (Wildman–Crippen MR) is 222 cm³/mol. The van der Waals surface area contributed by atoms with Crippen LogP contribution >= 0.6 is 23.4 Å². The first-order chi connectivity index (χ1) is 26.8. The van der Waals surface area contributed by atoms with Crippen LogP contribution < -0.4 is 14.8 Å². The Labute approximate surface area is 329 Å². The molecule has 0 atom stereocenters. The normalized spacial score (nSPS) is 14.1. The molecule has 1 aliphatic rings. The third kappa shape index (κ3) is 9.32. The number of thioether (sulfide) groups is 1. The van der Waals surface area contributed by atoms with Gasteiger partial charge in [0.1, 0.15) is 12.2 Å². The first-order valence-corrected chi connectivity index (χ1v) is 18.8. The van der Waals surface area contributed by atoms with Crippen molar-refractivity contribution in [1.29, 1.82) is 0 Å². The molecule has 10 heteroatoms. The molecule has 0 radical (unpaired) electrons. The van der Waals surface area contributed by atoms with E-state index in [4.69, 9.17) is 21.1 Å². The predicted octanol–water partition coefficient (Wildman–Crippen LogP) is 9.47. The maximum Gasteiger partial charge on any atom is 0.285 e. The summed E-state index contributed by atoms with van der Waals surface area (Å²) in [6.07, 6.45) is 8.05. The third-order valence-electron chi connectivity index (χ3n) is 8.67. The summed E-state index contributed by atoms with van der Waals surface area (Å²) in [6.45, 7) is 5.74. The SMILES string of the molecule is C=C/C=C\C(=C/C)N1C(=O)/C(=C/c2cc(Cl)c(OCc3ccc4ccccc4c3)c(OC)c2)C(=O)N=C1SCC(=O)NC(c1ccccc1)c1ccccc1. The number of hydrogen-bond acceptors (Lipinski definition) is 6. The summed E-state index contributed by atoms with van der Waals surface area (Å²) in [5, 5.41) is 5.61. The van der Waals surface area contributed by atoms with Crippen LogP contribution in [0.25, 0.3) is 16.8 Å². The monoisotopic (exact) mass is 767 g/mol. The number of hydrogen-bond donors (Lipinski definition) is 1. The van der Waals surface area contributed by atoms with Crippen molar-refractivity contribution in [3.8, 4) is 11.5 Å². The van der Waals surface area contributed by atoms with Gasteiger partial charge in [0.2, 0.25) is 5.91 Å². The molecule has 0 bridgehead atoms. The van der Waals surface area contributed by atoms with Gasteiger partial charge in [0.25, 0.3) is 11.8 Å². The molecule has 1 N–H and O–H groups in total. The third-order valence-corrected chi connectivity index (χ3v) is 9.89. The van der Waals surface area contributed by atoms with Crippen molar-refractivity contribution in [2.45, 2.75) is 19.6 Å². The second-order valence-electron chi connectivity index (χ2n) is 12.3. The minimum absolute atomic E-state index is 0.0631. The molecule has 1 aliphatic heterocycles. The lowest BCUT2D eigenvalue weighted by atomic mass is 9.99. The zero-order chi connectivity index (χ0) is 38.7. The molecule has 0 spiro atoms. The van der Waals surface area contributed by atoms with E-state index >= 15 is 0 Å². The Morgan fingerprint density at radius 1 is 0.927 bits per heavy atom. The van der Waals surface area contributed by atoms with Crippen LogP contribution in [0, 0.1) is 0 Å². The average Bonchev–Trinajstić information content (AvgIpc) is 3.21. The first-order valence-electron chi connectivity index (χ1n) is 17.4. The van der Waals surface area contributed by atoms with Crippen molar-refractivity contribution in [2.75, 3.05) is 12.9 Å². The molecule has 3 amide bonds. The molecule has 0 saturated heterocycles. The van der Waals surface area contributed by atoms with Crippen molar-refractivity contribution in [3.05, 3.63) is 185 Å². The van der Waals surface area contributed by atoms with E-state index in [0.717, 1.165) is 39.2 Å². The molecule has 1 heterocycles. The molecule has 0 fully saturated rings. The molecule has 55 heavy (non-hydrogen) atoms. The zero-order valence-electron chi connectivity index (χ0n) is 30.3. The van der Waals surface area contributed by atoms with Gasteiger partial charge in [-0.15, -0.1) is 0 Å². The van der Waals surface area contributed by atoms with Crippen molar-refractivity contribution in [2.24, 2.45) is 4.99 Å². The Bertz CT molecular complexity index is 2320. The highest BCUT2D eigenvalue weighted by atomic mass is 35.5. The van der Waals surface area contributed by atoms with Gasteiger partial charge in [-0.25, -0.2) is 0 Å². The number of nitrogens with zero attached hydrogens (tertiary/aromatic N) is 2. The van der Waals surface area contributed by atoms with Crippen molar-refractivity contribution in [3.63, 3.8) is 0 Å². The van der Waals surface area contributed by atoms with Crippen LogP contribution in [0.1, 0.15) is 35.2 Å². The van der Waals surface area contributed by atoms with Crippen LogP contribution in [0.2, 0.25) is 5.02 Å². The summed E-state index contributed by atoms with van der Waals surface area (Å²) in [5.74, 6) is -1.15. The summed E-state index contributed by atoms with van der Waals surface area (Å²) < 4.78 is 11.7.